The molecule has 1 unspecified atom stereocenters. The number of carbonyl (C=O) groups excluding carboxylic acids is 2. The lowest BCUT2D eigenvalue weighted by Crippen LogP contribution is -2.48. The number of rotatable bonds is 9. The fourth-order valence-electron chi connectivity index (χ4n) is 2.66. The van der Waals surface area contributed by atoms with Crippen LogP contribution in [-0.4, -0.2) is 35.1 Å². The van der Waals surface area contributed by atoms with Crippen LogP contribution in [0.25, 0.3) is 0 Å². The molecule has 0 aliphatic heterocycles. The number of amides is 2. The molecule has 0 saturated heterocycles. The van der Waals surface area contributed by atoms with E-state index in [9.17, 15) is 9.59 Å². The van der Waals surface area contributed by atoms with Gasteiger partial charge in [0.2, 0.25) is 11.8 Å². The summed E-state index contributed by atoms with van der Waals surface area (Å²) in [5.41, 5.74) is 2.05. The van der Waals surface area contributed by atoms with Crippen LogP contribution in [0.2, 0.25) is 5.02 Å². The predicted molar refractivity (Wildman–Crippen MR) is 120 cm³/mol. The maximum Gasteiger partial charge on any atom is 0.242 e. The van der Waals surface area contributed by atoms with Crippen molar-refractivity contribution in [3.8, 4) is 0 Å². The Morgan fingerprint density at radius 3 is 2.54 bits per heavy atom. The van der Waals surface area contributed by atoms with Crippen LogP contribution in [-0.2, 0) is 21.9 Å². The zero-order chi connectivity index (χ0) is 20.5. The van der Waals surface area contributed by atoms with E-state index >= 15 is 0 Å². The van der Waals surface area contributed by atoms with Gasteiger partial charge < -0.3 is 10.2 Å². The Morgan fingerprint density at radius 2 is 1.89 bits per heavy atom. The number of hydrogen-bond acceptors (Lipinski definition) is 3. The molecule has 0 radical (unpaired) electrons. The monoisotopic (exact) mass is 482 g/mol. The van der Waals surface area contributed by atoms with Gasteiger partial charge in [-0.05, 0) is 49.2 Å². The van der Waals surface area contributed by atoms with Crippen LogP contribution < -0.4 is 5.32 Å². The van der Waals surface area contributed by atoms with Crippen LogP contribution in [0, 0.1) is 0 Å². The van der Waals surface area contributed by atoms with Crippen molar-refractivity contribution in [3.63, 3.8) is 0 Å². The average molecular weight is 484 g/mol. The summed E-state index contributed by atoms with van der Waals surface area (Å²) in [6.07, 6.45) is 0. The molecule has 0 bridgehead atoms. The summed E-state index contributed by atoms with van der Waals surface area (Å²) in [5.74, 6) is 0.780. The van der Waals surface area contributed by atoms with Crippen molar-refractivity contribution in [3.05, 3.63) is 69.2 Å². The van der Waals surface area contributed by atoms with E-state index in [4.69, 9.17) is 11.6 Å². The highest BCUT2D eigenvalue weighted by Crippen LogP contribution is 2.19. The van der Waals surface area contributed by atoms with Gasteiger partial charge >= 0.3 is 0 Å². The average Bonchev–Trinajstić information content (AvgIpc) is 2.67. The van der Waals surface area contributed by atoms with Gasteiger partial charge in [-0.15, -0.1) is 11.8 Å². The molecule has 0 aliphatic rings. The molecule has 7 heteroatoms. The van der Waals surface area contributed by atoms with Crippen molar-refractivity contribution in [1.29, 1.82) is 0 Å². The van der Waals surface area contributed by atoms with Crippen molar-refractivity contribution >= 4 is 51.1 Å². The van der Waals surface area contributed by atoms with Gasteiger partial charge in [-0.1, -0.05) is 51.8 Å². The van der Waals surface area contributed by atoms with Gasteiger partial charge in [-0.3, -0.25) is 9.59 Å². The minimum absolute atomic E-state index is 0.0614. The highest BCUT2D eigenvalue weighted by Gasteiger charge is 2.25. The summed E-state index contributed by atoms with van der Waals surface area (Å²) < 4.78 is 0.975. The molecule has 0 aliphatic carbocycles. The smallest absolute Gasteiger partial charge is 0.242 e. The highest BCUT2D eigenvalue weighted by atomic mass is 79.9. The van der Waals surface area contributed by atoms with Gasteiger partial charge in [0.05, 0.1) is 5.75 Å². The number of benzene rings is 2. The molecule has 2 aromatic rings. The molecule has 0 saturated carbocycles. The van der Waals surface area contributed by atoms with E-state index in [0.29, 0.717) is 29.6 Å². The molecule has 2 rings (SSSR count). The second kappa shape index (κ2) is 11.5. The summed E-state index contributed by atoms with van der Waals surface area (Å²) in [7, 11) is 0. The second-order valence-corrected chi connectivity index (χ2v) is 8.68. The normalized spacial score (nSPS) is 11.7. The number of nitrogens with zero attached hydrogens (tertiary/aromatic N) is 1. The molecule has 1 atom stereocenters. The van der Waals surface area contributed by atoms with Crippen LogP contribution in [0.15, 0.2) is 53.0 Å². The molecular formula is C21H24BrClN2O2S. The van der Waals surface area contributed by atoms with Crippen LogP contribution in [0.4, 0.5) is 0 Å². The first-order valence-corrected chi connectivity index (χ1v) is 11.4. The molecule has 150 valence electrons. The van der Waals surface area contributed by atoms with E-state index in [1.165, 1.54) is 11.8 Å². The minimum atomic E-state index is -0.539. The van der Waals surface area contributed by atoms with Crippen LogP contribution in [0.3, 0.4) is 0 Å². The fourth-order valence-corrected chi connectivity index (χ4v) is 3.99. The number of nitrogens with one attached hydrogen (secondary N) is 1. The topological polar surface area (TPSA) is 49.4 Å². The number of thioether (sulfide) groups is 1. The maximum absolute atomic E-state index is 12.9. The predicted octanol–water partition coefficient (Wildman–Crippen LogP) is 4.89. The van der Waals surface area contributed by atoms with Crippen molar-refractivity contribution in [2.45, 2.75) is 32.2 Å². The molecular weight excluding hydrogens is 460 g/mol. The Hall–Kier alpha value is -1.50. The lowest BCUT2D eigenvalue weighted by atomic mass is 10.1. The van der Waals surface area contributed by atoms with Crippen molar-refractivity contribution in [1.82, 2.24) is 10.2 Å². The third-order valence-corrected chi connectivity index (χ3v) is 5.92. The lowest BCUT2D eigenvalue weighted by molar-refractivity contribution is -0.138. The summed E-state index contributed by atoms with van der Waals surface area (Å²) in [4.78, 5) is 26.9. The minimum Gasteiger partial charge on any atom is -0.355 e. The van der Waals surface area contributed by atoms with Crippen LogP contribution >= 0.6 is 39.3 Å². The highest BCUT2D eigenvalue weighted by molar-refractivity contribution is 9.10. The van der Waals surface area contributed by atoms with Crippen LogP contribution in [0.5, 0.6) is 0 Å². The molecule has 0 spiro atoms. The summed E-state index contributed by atoms with van der Waals surface area (Å²) in [6.45, 7) is 4.56. The van der Waals surface area contributed by atoms with Gasteiger partial charge in [0.1, 0.15) is 6.04 Å². The first kappa shape index (κ1) is 22.8. The Bertz CT molecular complexity index is 801. The van der Waals surface area contributed by atoms with E-state index in [1.54, 1.807) is 11.8 Å². The van der Waals surface area contributed by atoms with E-state index in [-0.39, 0.29) is 11.8 Å². The molecule has 0 heterocycles. The number of hydrogen-bond donors (Lipinski definition) is 1. The summed E-state index contributed by atoms with van der Waals surface area (Å²) in [6, 6.07) is 14.8. The Morgan fingerprint density at radius 1 is 1.18 bits per heavy atom. The number of likely N-dealkylation sites (N-methyl/N-ethyl adjacent to an activating group) is 1. The van der Waals surface area contributed by atoms with Gasteiger partial charge in [0.15, 0.2) is 0 Å². The van der Waals surface area contributed by atoms with Crippen LogP contribution in [0.1, 0.15) is 25.0 Å². The van der Waals surface area contributed by atoms with Crippen molar-refractivity contribution in [2.75, 3.05) is 12.3 Å². The first-order valence-electron chi connectivity index (χ1n) is 9.04. The Labute approximate surface area is 184 Å². The van der Waals surface area contributed by atoms with Gasteiger partial charge in [0, 0.05) is 28.3 Å². The van der Waals surface area contributed by atoms with Gasteiger partial charge in [-0.2, -0.15) is 0 Å². The van der Waals surface area contributed by atoms with Crippen molar-refractivity contribution in [2.24, 2.45) is 0 Å². The molecule has 1 N–H and O–H groups in total. The zero-order valence-corrected chi connectivity index (χ0v) is 19.1. The second-order valence-electron chi connectivity index (χ2n) is 6.34. The molecule has 2 aromatic carbocycles. The third kappa shape index (κ3) is 7.15. The Balaban J connectivity index is 2.04. The summed E-state index contributed by atoms with van der Waals surface area (Å²) in [5, 5.41) is 3.49. The number of carbonyl (C=O) groups is 2. The largest absolute Gasteiger partial charge is 0.355 e. The van der Waals surface area contributed by atoms with Crippen molar-refractivity contribution < 1.29 is 9.59 Å². The quantitative estimate of drug-likeness (QED) is 0.552. The van der Waals surface area contributed by atoms with Gasteiger partial charge in [0.25, 0.3) is 0 Å². The van der Waals surface area contributed by atoms with E-state index in [1.807, 2.05) is 55.5 Å². The molecule has 4 nitrogen and oxygen atoms in total. The standard InChI is InChI=1S/C21H24BrClN2O2S/c1-3-24-21(27)15(2)25(12-16-7-9-18(22)10-8-16)20(26)14-28-13-17-5-4-6-19(23)11-17/h4-11,15H,3,12-14H2,1-2H3,(H,24,27). The van der Waals surface area contributed by atoms with E-state index < -0.39 is 6.04 Å². The molecule has 28 heavy (non-hydrogen) atoms. The van der Waals surface area contributed by atoms with E-state index in [2.05, 4.69) is 21.2 Å². The van der Waals surface area contributed by atoms with E-state index in [0.717, 1.165) is 15.6 Å². The lowest BCUT2D eigenvalue weighted by Gasteiger charge is -2.28. The zero-order valence-electron chi connectivity index (χ0n) is 16.0. The first-order chi connectivity index (χ1) is 13.4. The molecule has 0 aromatic heterocycles. The third-order valence-electron chi connectivity index (χ3n) is 4.17. The summed E-state index contributed by atoms with van der Waals surface area (Å²) >= 11 is 10.9. The molecule has 2 amide bonds. The fraction of sp³-hybridized carbons (Fsp3) is 0.333. The maximum atomic E-state index is 12.9. The molecule has 0 fully saturated rings. The SMILES string of the molecule is CCNC(=O)C(C)N(Cc1ccc(Br)cc1)C(=O)CSCc1cccc(Cl)c1. The van der Waals surface area contributed by atoms with Gasteiger partial charge in [-0.25, -0.2) is 0 Å². The number of halogens is 2. The Kier molecular flexibility index (Phi) is 9.35.